The number of aromatic amines is 1. The van der Waals surface area contributed by atoms with Crippen LogP contribution in [0, 0.1) is 13.8 Å². The van der Waals surface area contributed by atoms with E-state index >= 15 is 0 Å². The average molecular weight is 252 g/mol. The number of hydrogen-bond acceptors (Lipinski definition) is 3. The summed E-state index contributed by atoms with van der Waals surface area (Å²) in [4.78, 5) is 12.3. The van der Waals surface area contributed by atoms with E-state index in [4.69, 9.17) is 0 Å². The molecule has 0 aliphatic carbocycles. The molecule has 0 aliphatic rings. The van der Waals surface area contributed by atoms with Crippen LogP contribution in [0.25, 0.3) is 22.6 Å². The van der Waals surface area contributed by atoms with E-state index in [9.17, 15) is 0 Å². The minimum absolute atomic E-state index is 0.737. The summed E-state index contributed by atoms with van der Waals surface area (Å²) >= 11 is 0. The number of anilines is 1. The number of rotatable bonds is 2. The van der Waals surface area contributed by atoms with Gasteiger partial charge in [0.1, 0.15) is 11.6 Å². The largest absolute Gasteiger partial charge is 0.373 e. The molecular weight excluding hydrogens is 236 g/mol. The van der Waals surface area contributed by atoms with Gasteiger partial charge in [0.2, 0.25) is 0 Å². The zero-order chi connectivity index (χ0) is 13.4. The van der Waals surface area contributed by atoms with Crippen LogP contribution in [-0.2, 0) is 0 Å². The highest BCUT2D eigenvalue weighted by Crippen LogP contribution is 2.22. The molecule has 3 aromatic rings. The molecule has 0 bridgehead atoms. The van der Waals surface area contributed by atoms with E-state index in [1.54, 1.807) is 0 Å². The van der Waals surface area contributed by atoms with Crippen LogP contribution in [-0.4, -0.2) is 22.0 Å². The summed E-state index contributed by atoms with van der Waals surface area (Å²) in [6, 6.07) is 10.3. The number of hydrogen-bond donors (Lipinski definition) is 2. The van der Waals surface area contributed by atoms with E-state index in [1.165, 1.54) is 11.1 Å². The maximum atomic E-state index is 4.57. The predicted molar refractivity (Wildman–Crippen MR) is 78.3 cm³/mol. The number of imidazole rings is 1. The van der Waals surface area contributed by atoms with Gasteiger partial charge in [-0.1, -0.05) is 17.2 Å². The molecule has 0 fully saturated rings. The van der Waals surface area contributed by atoms with Gasteiger partial charge in [0, 0.05) is 12.6 Å². The second-order valence-electron chi connectivity index (χ2n) is 4.78. The fourth-order valence-corrected chi connectivity index (χ4v) is 2.28. The first kappa shape index (κ1) is 11.7. The quantitative estimate of drug-likeness (QED) is 0.736. The number of nitrogens with one attached hydrogen (secondary N) is 2. The summed E-state index contributed by atoms with van der Waals surface area (Å²) in [5, 5.41) is 3.02. The number of aryl methyl sites for hydroxylation is 2. The van der Waals surface area contributed by atoms with Crippen LogP contribution < -0.4 is 5.32 Å². The lowest BCUT2D eigenvalue weighted by molar-refractivity contribution is 1.27. The first-order valence-corrected chi connectivity index (χ1v) is 6.29. The van der Waals surface area contributed by atoms with Crippen molar-refractivity contribution >= 4 is 17.0 Å². The van der Waals surface area contributed by atoms with Crippen molar-refractivity contribution in [2.45, 2.75) is 13.8 Å². The van der Waals surface area contributed by atoms with Gasteiger partial charge in [-0.15, -0.1) is 0 Å². The van der Waals surface area contributed by atoms with Gasteiger partial charge in [-0.3, -0.25) is 0 Å². The molecule has 0 unspecified atom stereocenters. The van der Waals surface area contributed by atoms with Gasteiger partial charge in [0.15, 0.2) is 5.65 Å². The van der Waals surface area contributed by atoms with Gasteiger partial charge >= 0.3 is 0 Å². The third-order valence-corrected chi connectivity index (χ3v) is 3.10. The van der Waals surface area contributed by atoms with Crippen LogP contribution in [0.3, 0.4) is 0 Å². The first-order valence-electron chi connectivity index (χ1n) is 6.29. The Morgan fingerprint density at radius 3 is 2.42 bits per heavy atom. The summed E-state index contributed by atoms with van der Waals surface area (Å²) in [6.07, 6.45) is 0. The molecule has 0 spiro atoms. The number of benzene rings is 1. The Balaban J connectivity index is 2.14. The highest BCUT2D eigenvalue weighted by molar-refractivity contribution is 5.77. The maximum absolute atomic E-state index is 4.57. The summed E-state index contributed by atoms with van der Waals surface area (Å²) in [7, 11) is 1.85. The summed E-state index contributed by atoms with van der Waals surface area (Å²) < 4.78 is 0. The number of H-pyrrole nitrogens is 1. The van der Waals surface area contributed by atoms with Gasteiger partial charge in [-0.05, 0) is 38.1 Å². The van der Waals surface area contributed by atoms with Crippen molar-refractivity contribution in [1.29, 1.82) is 0 Å². The molecule has 96 valence electrons. The van der Waals surface area contributed by atoms with Crippen LogP contribution >= 0.6 is 0 Å². The van der Waals surface area contributed by atoms with Gasteiger partial charge in [-0.2, -0.15) is 0 Å². The highest BCUT2D eigenvalue weighted by Gasteiger charge is 2.07. The fourth-order valence-electron chi connectivity index (χ4n) is 2.28. The molecule has 19 heavy (non-hydrogen) atoms. The molecule has 1 aromatic carbocycles. The van der Waals surface area contributed by atoms with E-state index in [0.29, 0.717) is 0 Å². The van der Waals surface area contributed by atoms with E-state index in [-0.39, 0.29) is 0 Å². The Labute approximate surface area is 111 Å². The Hall–Kier alpha value is -2.36. The van der Waals surface area contributed by atoms with Crippen LogP contribution in [0.1, 0.15) is 11.1 Å². The second-order valence-corrected chi connectivity index (χ2v) is 4.78. The van der Waals surface area contributed by atoms with Crippen molar-refractivity contribution < 1.29 is 0 Å². The molecule has 4 nitrogen and oxygen atoms in total. The van der Waals surface area contributed by atoms with Gasteiger partial charge in [-0.25, -0.2) is 9.97 Å². The highest BCUT2D eigenvalue weighted by atomic mass is 15.0. The van der Waals surface area contributed by atoms with Crippen LogP contribution in [0.5, 0.6) is 0 Å². The summed E-state index contributed by atoms with van der Waals surface area (Å²) in [5.74, 6) is 1.69. The van der Waals surface area contributed by atoms with Crippen molar-refractivity contribution in [3.63, 3.8) is 0 Å². The molecule has 2 heterocycles. The number of fused-ring (bicyclic) bond motifs is 1. The smallest absolute Gasteiger partial charge is 0.180 e. The summed E-state index contributed by atoms with van der Waals surface area (Å²) in [5.41, 5.74) is 5.26. The number of aromatic nitrogens is 3. The van der Waals surface area contributed by atoms with Crippen LogP contribution in [0.4, 0.5) is 5.82 Å². The molecule has 0 saturated heterocycles. The summed E-state index contributed by atoms with van der Waals surface area (Å²) in [6.45, 7) is 4.19. The van der Waals surface area contributed by atoms with Crippen molar-refractivity contribution in [1.82, 2.24) is 15.0 Å². The van der Waals surface area contributed by atoms with Crippen molar-refractivity contribution in [2.24, 2.45) is 0 Å². The Bertz CT molecular complexity index is 723. The monoisotopic (exact) mass is 252 g/mol. The normalized spacial score (nSPS) is 10.9. The molecule has 0 aliphatic heterocycles. The minimum Gasteiger partial charge on any atom is -0.373 e. The lowest BCUT2D eigenvalue weighted by Crippen LogP contribution is -1.91. The minimum atomic E-state index is 0.737. The Kier molecular flexibility index (Phi) is 2.71. The van der Waals surface area contributed by atoms with Gasteiger partial charge in [0.25, 0.3) is 0 Å². The van der Waals surface area contributed by atoms with Gasteiger partial charge in [0.05, 0.1) is 5.52 Å². The molecule has 0 radical (unpaired) electrons. The standard InChI is InChI=1S/C15H16N4/c1-9-6-10(2)8-11(7-9)14-17-12-4-5-13(16-3)18-15(12)19-14/h4-8H,1-3H3,(H2,16,17,18,19). The van der Waals surface area contributed by atoms with Crippen molar-refractivity contribution in [3.8, 4) is 11.4 Å². The first-order chi connectivity index (χ1) is 9.15. The zero-order valence-corrected chi connectivity index (χ0v) is 11.3. The number of pyridine rings is 1. The zero-order valence-electron chi connectivity index (χ0n) is 11.3. The topological polar surface area (TPSA) is 53.6 Å². The van der Waals surface area contributed by atoms with E-state index in [2.05, 4.69) is 52.3 Å². The van der Waals surface area contributed by atoms with Crippen LogP contribution in [0.2, 0.25) is 0 Å². The predicted octanol–water partition coefficient (Wildman–Crippen LogP) is 3.28. The molecule has 0 saturated carbocycles. The lowest BCUT2D eigenvalue weighted by atomic mass is 10.1. The molecule has 2 aromatic heterocycles. The molecule has 2 N–H and O–H groups in total. The third kappa shape index (κ3) is 2.17. The lowest BCUT2D eigenvalue weighted by Gasteiger charge is -2.01. The molecule has 0 amide bonds. The van der Waals surface area contributed by atoms with Gasteiger partial charge < -0.3 is 10.3 Å². The number of nitrogens with zero attached hydrogens (tertiary/aromatic N) is 2. The molecule has 0 atom stereocenters. The van der Waals surface area contributed by atoms with E-state index < -0.39 is 0 Å². The Morgan fingerprint density at radius 2 is 1.74 bits per heavy atom. The van der Waals surface area contributed by atoms with Crippen LogP contribution in [0.15, 0.2) is 30.3 Å². The average Bonchev–Trinajstić information content (AvgIpc) is 2.80. The molecule has 4 heteroatoms. The Morgan fingerprint density at radius 1 is 1.00 bits per heavy atom. The van der Waals surface area contributed by atoms with Crippen molar-refractivity contribution in [3.05, 3.63) is 41.5 Å². The fraction of sp³-hybridized carbons (Fsp3) is 0.200. The molecular formula is C15H16N4. The van der Waals surface area contributed by atoms with Crippen molar-refractivity contribution in [2.75, 3.05) is 12.4 Å². The maximum Gasteiger partial charge on any atom is 0.180 e. The second kappa shape index (κ2) is 4.39. The molecule has 3 rings (SSSR count). The third-order valence-electron chi connectivity index (χ3n) is 3.10. The van der Waals surface area contributed by atoms with E-state index in [1.807, 2.05) is 19.2 Å². The SMILES string of the molecule is CNc1ccc2[nH]c(-c3cc(C)cc(C)c3)nc2n1. The van der Waals surface area contributed by atoms with E-state index in [0.717, 1.165) is 28.4 Å².